The Kier molecular flexibility index (Phi) is 4.20. The van der Waals surface area contributed by atoms with Crippen LogP contribution in [0.25, 0.3) is 10.9 Å². The van der Waals surface area contributed by atoms with Gasteiger partial charge in [-0.2, -0.15) is 0 Å². The lowest BCUT2D eigenvalue weighted by molar-refractivity contribution is -0.125. The first-order chi connectivity index (χ1) is 10.2. The van der Waals surface area contributed by atoms with Crippen LogP contribution in [0.15, 0.2) is 24.4 Å². The second-order valence-corrected chi connectivity index (χ2v) is 5.57. The number of carbonyl (C=O) groups excluding carboxylic acids is 1. The minimum absolute atomic E-state index is 0.142. The van der Waals surface area contributed by atoms with Gasteiger partial charge in [-0.3, -0.25) is 4.79 Å². The molecule has 0 bridgehead atoms. The highest BCUT2D eigenvalue weighted by atomic mass is 19.1. The summed E-state index contributed by atoms with van der Waals surface area (Å²) in [6.45, 7) is 2.46. The number of carbonyl (C=O) groups is 1. The van der Waals surface area contributed by atoms with Gasteiger partial charge in [0.05, 0.1) is 0 Å². The van der Waals surface area contributed by atoms with E-state index in [1.807, 2.05) is 6.20 Å². The van der Waals surface area contributed by atoms with Gasteiger partial charge < -0.3 is 15.6 Å². The molecule has 2 aromatic rings. The van der Waals surface area contributed by atoms with Gasteiger partial charge in [-0.15, -0.1) is 0 Å². The van der Waals surface area contributed by atoms with Crippen LogP contribution in [0.5, 0.6) is 0 Å². The minimum atomic E-state index is -0.241. The summed E-state index contributed by atoms with van der Waals surface area (Å²) in [6, 6.07) is 4.74. The van der Waals surface area contributed by atoms with Gasteiger partial charge in [0, 0.05) is 29.6 Å². The van der Waals surface area contributed by atoms with Gasteiger partial charge in [0.2, 0.25) is 5.91 Å². The molecule has 3 rings (SSSR count). The summed E-state index contributed by atoms with van der Waals surface area (Å²) in [4.78, 5) is 15.1. The monoisotopic (exact) mass is 289 g/mol. The molecule has 0 spiro atoms. The zero-order valence-electron chi connectivity index (χ0n) is 11.9. The molecule has 1 fully saturated rings. The Bertz CT molecular complexity index is 631. The Labute approximate surface area is 123 Å². The predicted octanol–water partition coefficient (Wildman–Crippen LogP) is 1.97. The third kappa shape index (κ3) is 3.24. The smallest absolute Gasteiger partial charge is 0.223 e. The number of benzene rings is 1. The summed E-state index contributed by atoms with van der Waals surface area (Å²) in [5.74, 6) is 0.0563. The van der Waals surface area contributed by atoms with E-state index in [1.165, 1.54) is 12.1 Å². The highest BCUT2D eigenvalue weighted by Crippen LogP contribution is 2.19. The molecule has 1 aromatic carbocycles. The number of nitrogens with one attached hydrogen (secondary N) is 3. The first-order valence-electron chi connectivity index (χ1n) is 7.48. The van der Waals surface area contributed by atoms with Crippen molar-refractivity contribution in [2.75, 3.05) is 19.6 Å². The van der Waals surface area contributed by atoms with Gasteiger partial charge in [-0.05, 0) is 56.1 Å². The third-order valence-electron chi connectivity index (χ3n) is 4.13. The van der Waals surface area contributed by atoms with Crippen LogP contribution in [0.1, 0.15) is 18.4 Å². The van der Waals surface area contributed by atoms with Crippen molar-refractivity contribution in [2.24, 2.45) is 5.92 Å². The number of aromatic nitrogens is 1. The topological polar surface area (TPSA) is 56.9 Å². The summed E-state index contributed by atoms with van der Waals surface area (Å²) < 4.78 is 13.1. The van der Waals surface area contributed by atoms with Crippen LogP contribution >= 0.6 is 0 Å². The zero-order chi connectivity index (χ0) is 14.7. The molecular formula is C16H20FN3O. The summed E-state index contributed by atoms with van der Waals surface area (Å²) in [5.41, 5.74) is 1.91. The van der Waals surface area contributed by atoms with Crippen molar-refractivity contribution < 1.29 is 9.18 Å². The van der Waals surface area contributed by atoms with Gasteiger partial charge in [-0.1, -0.05) is 0 Å². The number of aromatic amines is 1. The third-order valence-corrected chi connectivity index (χ3v) is 4.13. The van der Waals surface area contributed by atoms with E-state index >= 15 is 0 Å². The predicted molar refractivity (Wildman–Crippen MR) is 80.6 cm³/mol. The summed E-state index contributed by atoms with van der Waals surface area (Å²) in [5, 5.41) is 7.29. The van der Waals surface area contributed by atoms with E-state index < -0.39 is 0 Å². The molecule has 0 saturated carbocycles. The number of amides is 1. The lowest BCUT2D eigenvalue weighted by atomic mass is 9.97. The van der Waals surface area contributed by atoms with E-state index in [2.05, 4.69) is 15.6 Å². The lowest BCUT2D eigenvalue weighted by Gasteiger charge is -2.21. The lowest BCUT2D eigenvalue weighted by Crippen LogP contribution is -2.38. The summed E-state index contributed by atoms with van der Waals surface area (Å²) in [7, 11) is 0. The molecule has 0 aliphatic carbocycles. The van der Waals surface area contributed by atoms with Crippen molar-refractivity contribution in [3.63, 3.8) is 0 Å². The van der Waals surface area contributed by atoms with Crippen molar-refractivity contribution in [3.05, 3.63) is 35.8 Å². The number of rotatable bonds is 4. The van der Waals surface area contributed by atoms with E-state index in [-0.39, 0.29) is 17.6 Å². The van der Waals surface area contributed by atoms with Crippen molar-refractivity contribution in [1.29, 1.82) is 0 Å². The zero-order valence-corrected chi connectivity index (χ0v) is 11.9. The van der Waals surface area contributed by atoms with E-state index in [1.54, 1.807) is 6.07 Å². The van der Waals surface area contributed by atoms with Crippen molar-refractivity contribution in [3.8, 4) is 0 Å². The van der Waals surface area contributed by atoms with E-state index in [0.717, 1.165) is 48.8 Å². The molecule has 4 nitrogen and oxygen atoms in total. The molecule has 0 radical (unpaired) electrons. The Morgan fingerprint density at radius 2 is 2.14 bits per heavy atom. The van der Waals surface area contributed by atoms with Crippen LogP contribution < -0.4 is 10.6 Å². The van der Waals surface area contributed by atoms with Gasteiger partial charge in [-0.25, -0.2) is 4.39 Å². The maximum Gasteiger partial charge on any atom is 0.223 e. The number of hydrogen-bond acceptors (Lipinski definition) is 2. The van der Waals surface area contributed by atoms with E-state index in [9.17, 15) is 9.18 Å². The molecule has 0 atom stereocenters. The second-order valence-electron chi connectivity index (χ2n) is 5.57. The molecule has 1 amide bonds. The first kappa shape index (κ1) is 14.1. The molecule has 112 valence electrons. The fraction of sp³-hybridized carbons (Fsp3) is 0.438. The molecule has 1 aliphatic rings. The Balaban J connectivity index is 1.55. The SMILES string of the molecule is O=C(NCCc1c[nH]c2cc(F)ccc12)C1CCNCC1. The molecule has 21 heavy (non-hydrogen) atoms. The van der Waals surface area contributed by atoms with E-state index in [4.69, 9.17) is 0 Å². The standard InChI is InChI=1S/C16H20FN3O/c17-13-1-2-14-12(10-20-15(14)9-13)5-8-19-16(21)11-3-6-18-7-4-11/h1-2,9-11,18,20H,3-8H2,(H,19,21). The quantitative estimate of drug-likeness (QED) is 0.806. The number of halogens is 1. The van der Waals surface area contributed by atoms with Crippen molar-refractivity contribution >= 4 is 16.8 Å². The number of piperidine rings is 1. The largest absolute Gasteiger partial charge is 0.361 e. The fourth-order valence-corrected chi connectivity index (χ4v) is 2.91. The number of fused-ring (bicyclic) bond motifs is 1. The van der Waals surface area contributed by atoms with Crippen LogP contribution in [0.3, 0.4) is 0 Å². The maximum atomic E-state index is 13.1. The average Bonchev–Trinajstić information content (AvgIpc) is 2.90. The Morgan fingerprint density at radius 1 is 1.33 bits per heavy atom. The molecule has 3 N–H and O–H groups in total. The van der Waals surface area contributed by atoms with Crippen LogP contribution in [0.4, 0.5) is 4.39 Å². The number of H-pyrrole nitrogens is 1. The van der Waals surface area contributed by atoms with Gasteiger partial charge in [0.25, 0.3) is 0 Å². The Morgan fingerprint density at radius 3 is 2.95 bits per heavy atom. The van der Waals surface area contributed by atoms with Crippen LogP contribution in [-0.2, 0) is 11.2 Å². The van der Waals surface area contributed by atoms with Crippen LogP contribution in [0.2, 0.25) is 0 Å². The van der Waals surface area contributed by atoms with Crippen LogP contribution in [0, 0.1) is 11.7 Å². The molecule has 1 aromatic heterocycles. The van der Waals surface area contributed by atoms with Crippen molar-refractivity contribution in [2.45, 2.75) is 19.3 Å². The van der Waals surface area contributed by atoms with Crippen LogP contribution in [-0.4, -0.2) is 30.5 Å². The second kappa shape index (κ2) is 6.26. The summed E-state index contributed by atoms with van der Waals surface area (Å²) in [6.07, 6.45) is 4.47. The fourth-order valence-electron chi connectivity index (χ4n) is 2.91. The highest BCUT2D eigenvalue weighted by Gasteiger charge is 2.20. The van der Waals surface area contributed by atoms with Gasteiger partial charge in [0.15, 0.2) is 0 Å². The molecule has 1 saturated heterocycles. The molecule has 0 unspecified atom stereocenters. The molecule has 1 aliphatic heterocycles. The maximum absolute atomic E-state index is 13.1. The average molecular weight is 289 g/mol. The number of hydrogen-bond donors (Lipinski definition) is 3. The highest BCUT2D eigenvalue weighted by molar-refractivity contribution is 5.83. The minimum Gasteiger partial charge on any atom is -0.361 e. The van der Waals surface area contributed by atoms with Crippen molar-refractivity contribution in [1.82, 2.24) is 15.6 Å². The van der Waals surface area contributed by atoms with E-state index in [0.29, 0.717) is 6.54 Å². The van der Waals surface area contributed by atoms with Gasteiger partial charge in [0.1, 0.15) is 5.82 Å². The normalized spacial score (nSPS) is 16.2. The molecule has 5 heteroatoms. The molecular weight excluding hydrogens is 269 g/mol. The first-order valence-corrected chi connectivity index (χ1v) is 7.48. The van der Waals surface area contributed by atoms with Gasteiger partial charge >= 0.3 is 0 Å². The summed E-state index contributed by atoms with van der Waals surface area (Å²) >= 11 is 0. The Hall–Kier alpha value is -1.88. The molecule has 2 heterocycles.